The molecule has 7 aromatic carbocycles. The molecule has 5 nitrogen and oxygen atoms in total. The molecule has 10 aromatic rings. The largest absolute Gasteiger partial charge is 0.299 e. The molecule has 0 radical (unpaired) electrons. The number of pyridine rings is 1. The average Bonchev–Trinajstić information content (AvgIpc) is 3.84. The topological polar surface area (TPSA) is 56.0 Å². The van der Waals surface area contributed by atoms with Crippen molar-refractivity contribution in [1.29, 1.82) is 0 Å². The van der Waals surface area contributed by atoms with Gasteiger partial charge in [0, 0.05) is 34.0 Å². The Morgan fingerprint density at radius 3 is 1.52 bits per heavy atom. The number of fused-ring (bicyclic) bond motifs is 4. The van der Waals surface area contributed by atoms with Crippen LogP contribution in [0.15, 0.2) is 212 Å². The predicted octanol–water partition coefficient (Wildman–Crippen LogP) is 12.2. The lowest BCUT2D eigenvalue weighted by atomic mass is 9.67. The number of hydrogen-bond donors (Lipinski definition) is 0. The second kappa shape index (κ2) is 13.8. The quantitative estimate of drug-likeness (QED) is 0.163. The fraction of sp³-hybridized carbons (Fsp3) is 0.0189. The molecule has 3 aromatic heterocycles. The molecule has 0 spiro atoms. The third-order valence-corrected chi connectivity index (χ3v) is 11.4. The van der Waals surface area contributed by atoms with E-state index in [1.807, 2.05) is 66.7 Å². The maximum absolute atomic E-state index is 5.30. The summed E-state index contributed by atoms with van der Waals surface area (Å²) in [6.07, 6.45) is 2.11. The maximum atomic E-state index is 5.30. The highest BCUT2D eigenvalue weighted by Gasteiger charge is 2.46. The zero-order valence-electron chi connectivity index (χ0n) is 31.4. The molecule has 0 aliphatic heterocycles. The maximum Gasteiger partial charge on any atom is 0.164 e. The molecule has 58 heavy (non-hydrogen) atoms. The number of rotatable bonds is 7. The van der Waals surface area contributed by atoms with Crippen LogP contribution in [0.25, 0.3) is 73.5 Å². The van der Waals surface area contributed by atoms with Crippen LogP contribution >= 0.6 is 0 Å². The van der Waals surface area contributed by atoms with Crippen molar-refractivity contribution < 1.29 is 0 Å². The highest BCUT2D eigenvalue weighted by molar-refractivity contribution is 5.91. The lowest BCUT2D eigenvalue weighted by molar-refractivity contribution is 0.768. The van der Waals surface area contributed by atoms with Crippen LogP contribution in [0.1, 0.15) is 22.3 Å². The van der Waals surface area contributed by atoms with E-state index in [2.05, 4.69) is 150 Å². The summed E-state index contributed by atoms with van der Waals surface area (Å²) in [5, 5.41) is 0. The van der Waals surface area contributed by atoms with Gasteiger partial charge in [-0.25, -0.2) is 19.9 Å². The van der Waals surface area contributed by atoms with E-state index >= 15 is 0 Å². The molecule has 0 saturated heterocycles. The Morgan fingerprint density at radius 2 is 0.862 bits per heavy atom. The molecule has 1 aliphatic rings. The number of imidazole rings is 1. The predicted molar refractivity (Wildman–Crippen MR) is 233 cm³/mol. The van der Waals surface area contributed by atoms with Gasteiger partial charge in [-0.1, -0.05) is 182 Å². The summed E-state index contributed by atoms with van der Waals surface area (Å²) < 4.78 is 2.20. The van der Waals surface area contributed by atoms with Gasteiger partial charge in [0.15, 0.2) is 17.5 Å². The molecule has 5 heteroatoms. The summed E-state index contributed by atoms with van der Waals surface area (Å²) in [5.74, 6) is 1.86. The van der Waals surface area contributed by atoms with Gasteiger partial charge in [-0.05, 0) is 57.6 Å². The van der Waals surface area contributed by atoms with Crippen molar-refractivity contribution >= 4 is 5.65 Å². The van der Waals surface area contributed by atoms with E-state index < -0.39 is 5.41 Å². The van der Waals surface area contributed by atoms with Crippen LogP contribution in [-0.4, -0.2) is 24.3 Å². The van der Waals surface area contributed by atoms with Crippen molar-refractivity contribution in [3.05, 3.63) is 235 Å². The van der Waals surface area contributed by atoms with Crippen LogP contribution in [0.2, 0.25) is 0 Å². The lowest BCUT2D eigenvalue weighted by Gasteiger charge is -2.33. The van der Waals surface area contributed by atoms with Crippen molar-refractivity contribution in [2.24, 2.45) is 0 Å². The molecular formula is C53H35N5. The molecule has 0 amide bonds. The molecule has 0 saturated carbocycles. The first-order valence-electron chi connectivity index (χ1n) is 19.6. The fourth-order valence-electron chi connectivity index (χ4n) is 8.81. The van der Waals surface area contributed by atoms with Crippen LogP contribution in [0, 0.1) is 0 Å². The zero-order chi connectivity index (χ0) is 38.5. The van der Waals surface area contributed by atoms with Crippen LogP contribution in [0.3, 0.4) is 0 Å². The van der Waals surface area contributed by atoms with Gasteiger partial charge in [-0.3, -0.25) is 4.40 Å². The lowest BCUT2D eigenvalue weighted by Crippen LogP contribution is -2.28. The second-order valence-electron chi connectivity index (χ2n) is 14.6. The van der Waals surface area contributed by atoms with E-state index in [4.69, 9.17) is 19.9 Å². The van der Waals surface area contributed by atoms with Gasteiger partial charge in [0.25, 0.3) is 0 Å². The van der Waals surface area contributed by atoms with E-state index in [9.17, 15) is 0 Å². The van der Waals surface area contributed by atoms with Crippen molar-refractivity contribution in [3.63, 3.8) is 0 Å². The minimum absolute atomic E-state index is 0.467. The summed E-state index contributed by atoms with van der Waals surface area (Å²) in [6, 6.07) is 72.5. The molecule has 0 N–H and O–H groups in total. The van der Waals surface area contributed by atoms with Gasteiger partial charge in [0.1, 0.15) is 5.65 Å². The van der Waals surface area contributed by atoms with Gasteiger partial charge >= 0.3 is 0 Å². The number of hydrogen-bond acceptors (Lipinski definition) is 4. The van der Waals surface area contributed by atoms with Gasteiger partial charge in [-0.15, -0.1) is 0 Å². The smallest absolute Gasteiger partial charge is 0.164 e. The van der Waals surface area contributed by atoms with Gasteiger partial charge in [0.05, 0.1) is 16.8 Å². The van der Waals surface area contributed by atoms with Crippen LogP contribution in [0.4, 0.5) is 0 Å². The minimum Gasteiger partial charge on any atom is -0.299 e. The summed E-state index contributed by atoms with van der Waals surface area (Å²) >= 11 is 0. The first-order valence-corrected chi connectivity index (χ1v) is 19.6. The first kappa shape index (κ1) is 33.6. The normalized spacial score (nSPS) is 12.6. The van der Waals surface area contributed by atoms with E-state index in [0.717, 1.165) is 44.9 Å². The molecular weight excluding hydrogens is 707 g/mol. The Bertz CT molecular complexity index is 3010. The number of benzene rings is 7. The second-order valence-corrected chi connectivity index (χ2v) is 14.6. The van der Waals surface area contributed by atoms with Crippen molar-refractivity contribution in [1.82, 2.24) is 24.3 Å². The number of aromatic nitrogens is 5. The SMILES string of the molecule is c1ccc(-c2nc(-c3ccccc3)nc(-c3cccc(-c4nc5ccccn5c4-c4ccc5c(c4)-c4ccccc4C5(c4ccccc4)c4ccccc4)c3)n2)cc1. The van der Waals surface area contributed by atoms with Crippen molar-refractivity contribution in [2.45, 2.75) is 5.41 Å². The Morgan fingerprint density at radius 1 is 0.345 bits per heavy atom. The highest BCUT2D eigenvalue weighted by Crippen LogP contribution is 2.56. The van der Waals surface area contributed by atoms with Crippen LogP contribution < -0.4 is 0 Å². The Balaban J connectivity index is 1.10. The van der Waals surface area contributed by atoms with Crippen LogP contribution in [-0.2, 0) is 5.41 Å². The van der Waals surface area contributed by atoms with E-state index in [1.54, 1.807) is 0 Å². The Labute approximate surface area is 336 Å². The average molecular weight is 742 g/mol. The van der Waals surface area contributed by atoms with Crippen molar-refractivity contribution in [2.75, 3.05) is 0 Å². The standard InChI is InChI=1S/C53H35N5/c1-5-18-36(19-6-1)50-55-51(37-20-7-2-8-21-37)57-52(56-50)40-23-17-22-38(34-40)48-49(58-33-16-15-30-47(58)54-48)39-31-32-46-44(35-39)43-28-13-14-29-45(43)53(46,41-24-9-3-10-25-41)42-26-11-4-12-27-42/h1-35H. The van der Waals surface area contributed by atoms with Gasteiger partial charge < -0.3 is 0 Å². The summed E-state index contributed by atoms with van der Waals surface area (Å²) in [5.41, 5.74) is 14.6. The molecule has 0 unspecified atom stereocenters. The molecule has 272 valence electrons. The summed E-state index contributed by atoms with van der Waals surface area (Å²) in [4.78, 5) is 20.3. The molecule has 3 heterocycles. The molecule has 0 atom stereocenters. The number of nitrogens with zero attached hydrogens (tertiary/aromatic N) is 5. The zero-order valence-corrected chi connectivity index (χ0v) is 31.4. The molecule has 1 aliphatic carbocycles. The van der Waals surface area contributed by atoms with Crippen LogP contribution in [0.5, 0.6) is 0 Å². The fourth-order valence-corrected chi connectivity index (χ4v) is 8.81. The van der Waals surface area contributed by atoms with Crippen molar-refractivity contribution in [3.8, 4) is 67.8 Å². The Hall–Kier alpha value is -7.76. The summed E-state index contributed by atoms with van der Waals surface area (Å²) in [6.45, 7) is 0. The van der Waals surface area contributed by atoms with Gasteiger partial charge in [-0.2, -0.15) is 0 Å². The third kappa shape index (κ3) is 5.40. The van der Waals surface area contributed by atoms with E-state index in [0.29, 0.717) is 17.5 Å². The van der Waals surface area contributed by atoms with E-state index in [-0.39, 0.29) is 0 Å². The molecule has 11 rings (SSSR count). The molecule has 0 bridgehead atoms. The monoisotopic (exact) mass is 741 g/mol. The Kier molecular flexibility index (Phi) is 7.97. The molecule has 0 fully saturated rings. The highest BCUT2D eigenvalue weighted by atomic mass is 15.0. The van der Waals surface area contributed by atoms with E-state index in [1.165, 1.54) is 33.4 Å². The summed E-state index contributed by atoms with van der Waals surface area (Å²) in [7, 11) is 0. The first-order chi connectivity index (χ1) is 28.8. The van der Waals surface area contributed by atoms with Gasteiger partial charge in [0.2, 0.25) is 0 Å². The minimum atomic E-state index is -0.467. The third-order valence-electron chi connectivity index (χ3n) is 11.4.